The number of nitrogens with one attached hydrogen (secondary N) is 2. The highest BCUT2D eigenvalue weighted by atomic mass is 15.4. The fraction of sp³-hybridized carbons (Fsp3) is 0.333. The van der Waals surface area contributed by atoms with Crippen molar-refractivity contribution in [1.82, 2.24) is 0 Å². The van der Waals surface area contributed by atoms with Crippen molar-refractivity contribution in [3.05, 3.63) is 54.6 Å². The fourth-order valence-electron chi connectivity index (χ4n) is 1.51. The third kappa shape index (κ3) is 7.25. The van der Waals surface area contributed by atoms with Gasteiger partial charge in [-0.2, -0.15) is 0 Å². The van der Waals surface area contributed by atoms with Crippen LogP contribution in [0.1, 0.15) is 27.7 Å². The van der Waals surface area contributed by atoms with Crippen LogP contribution in [0.5, 0.6) is 0 Å². The average molecular weight is 287 g/mol. The smallest absolute Gasteiger partial charge is 0.0541 e. The minimum atomic E-state index is 1.04. The molecule has 3 nitrogen and oxygen atoms in total. The van der Waals surface area contributed by atoms with Gasteiger partial charge in [-0.05, 0) is 36.4 Å². The highest BCUT2D eigenvalue weighted by Crippen LogP contribution is 2.16. The Hall–Kier alpha value is -2.16. The summed E-state index contributed by atoms with van der Waals surface area (Å²) in [5.41, 5.74) is 9.58. The van der Waals surface area contributed by atoms with Crippen LogP contribution in [0.25, 0.3) is 0 Å². The summed E-state index contributed by atoms with van der Waals surface area (Å²) in [4.78, 5) is 2.08. The van der Waals surface area contributed by atoms with Gasteiger partial charge in [-0.1, -0.05) is 45.9 Å². The lowest BCUT2D eigenvalue weighted by Gasteiger charge is -2.14. The molecule has 0 unspecified atom stereocenters. The Labute approximate surface area is 130 Å². The number of nitrogens with zero attached hydrogens (tertiary/aromatic N) is 1. The zero-order valence-corrected chi connectivity index (χ0v) is 14.1. The van der Waals surface area contributed by atoms with Crippen LogP contribution in [0.15, 0.2) is 54.6 Å². The molecule has 2 N–H and O–H groups in total. The van der Waals surface area contributed by atoms with Crippen molar-refractivity contribution in [2.45, 2.75) is 27.7 Å². The quantitative estimate of drug-likeness (QED) is 0.753. The lowest BCUT2D eigenvalue weighted by molar-refractivity contribution is 1.13. The van der Waals surface area contributed by atoms with Gasteiger partial charge in [0.2, 0.25) is 0 Å². The topological polar surface area (TPSA) is 27.3 Å². The first-order valence-electron chi connectivity index (χ1n) is 7.60. The van der Waals surface area contributed by atoms with Crippen molar-refractivity contribution in [3.63, 3.8) is 0 Å². The van der Waals surface area contributed by atoms with E-state index in [-0.39, 0.29) is 0 Å². The van der Waals surface area contributed by atoms with Crippen molar-refractivity contribution in [2.24, 2.45) is 0 Å². The second kappa shape index (κ2) is 11.6. The van der Waals surface area contributed by atoms with Crippen LogP contribution in [0, 0.1) is 0 Å². The molecule has 0 aliphatic carbocycles. The Morgan fingerprint density at radius 3 is 1.48 bits per heavy atom. The molecule has 21 heavy (non-hydrogen) atoms. The lowest BCUT2D eigenvalue weighted by atomic mass is 10.3. The Kier molecular flexibility index (Phi) is 10.5. The van der Waals surface area contributed by atoms with Gasteiger partial charge in [-0.25, -0.2) is 0 Å². The largest absolute Gasteiger partial charge is 0.378 e. The number of para-hydroxylation sites is 1. The number of hydrazine groups is 1. The predicted octanol–water partition coefficient (Wildman–Crippen LogP) is 5.24. The maximum absolute atomic E-state index is 3.16. The van der Waals surface area contributed by atoms with E-state index in [4.69, 9.17) is 0 Å². The van der Waals surface area contributed by atoms with E-state index in [1.807, 2.05) is 84.3 Å². The molecule has 0 spiro atoms. The summed E-state index contributed by atoms with van der Waals surface area (Å²) in [5.74, 6) is 0. The highest BCUT2D eigenvalue weighted by Gasteiger charge is 1.95. The zero-order valence-electron chi connectivity index (χ0n) is 14.1. The molecule has 0 heterocycles. The molecule has 0 bridgehead atoms. The van der Waals surface area contributed by atoms with Crippen LogP contribution in [-0.4, -0.2) is 14.1 Å². The van der Waals surface area contributed by atoms with Crippen LogP contribution in [-0.2, 0) is 0 Å². The molecule has 3 heteroatoms. The third-order valence-electron chi connectivity index (χ3n) is 2.51. The molecule has 0 radical (unpaired) electrons. The average Bonchev–Trinajstić information content (AvgIpc) is 2.58. The molecule has 0 atom stereocenters. The molecule has 116 valence electrons. The van der Waals surface area contributed by atoms with Crippen LogP contribution in [0.4, 0.5) is 17.1 Å². The van der Waals surface area contributed by atoms with Gasteiger partial charge < -0.3 is 15.8 Å². The third-order valence-corrected chi connectivity index (χ3v) is 2.51. The van der Waals surface area contributed by atoms with Crippen molar-refractivity contribution < 1.29 is 0 Å². The van der Waals surface area contributed by atoms with Crippen LogP contribution in [0.3, 0.4) is 0 Å². The summed E-state index contributed by atoms with van der Waals surface area (Å²) in [5, 5.41) is 0. The molecular formula is C18H29N3. The summed E-state index contributed by atoms with van der Waals surface area (Å²) in [6.07, 6.45) is 0. The predicted molar refractivity (Wildman–Crippen MR) is 97.2 cm³/mol. The molecule has 0 aromatic heterocycles. The van der Waals surface area contributed by atoms with Gasteiger partial charge >= 0.3 is 0 Å². The minimum Gasteiger partial charge on any atom is -0.378 e. The molecule has 0 saturated heterocycles. The molecule has 2 rings (SSSR count). The number of hydrogen-bond acceptors (Lipinski definition) is 3. The summed E-state index contributed by atoms with van der Waals surface area (Å²) in [7, 11) is 4.06. The first kappa shape index (κ1) is 18.8. The van der Waals surface area contributed by atoms with E-state index in [1.165, 1.54) is 5.69 Å². The van der Waals surface area contributed by atoms with Crippen LogP contribution < -0.4 is 15.8 Å². The highest BCUT2D eigenvalue weighted by molar-refractivity contribution is 5.57. The van der Waals surface area contributed by atoms with E-state index >= 15 is 0 Å². The van der Waals surface area contributed by atoms with Gasteiger partial charge in [-0.3, -0.25) is 0 Å². The van der Waals surface area contributed by atoms with E-state index < -0.39 is 0 Å². The van der Waals surface area contributed by atoms with Gasteiger partial charge in [0.05, 0.1) is 11.4 Å². The molecule has 0 amide bonds. The Bertz CT molecular complexity index is 450. The van der Waals surface area contributed by atoms with E-state index in [9.17, 15) is 0 Å². The second-order valence-corrected chi connectivity index (χ2v) is 4.06. The number of hydrogen-bond donors (Lipinski definition) is 2. The van der Waals surface area contributed by atoms with Gasteiger partial charge in [0.1, 0.15) is 0 Å². The standard InChI is InChI=1S/C14H17N3.2C2H6/c1-17(2)14-10-8-13(9-11-14)16-15-12-6-4-3-5-7-12;2*1-2/h3-11,15-16H,1-2H3;2*1-2H3. The van der Waals surface area contributed by atoms with E-state index in [0.717, 1.165) is 11.4 Å². The fourth-order valence-corrected chi connectivity index (χ4v) is 1.51. The van der Waals surface area contributed by atoms with E-state index in [2.05, 4.69) is 27.9 Å². The molecular weight excluding hydrogens is 258 g/mol. The molecule has 0 aliphatic rings. The van der Waals surface area contributed by atoms with Crippen LogP contribution >= 0.6 is 0 Å². The summed E-state index contributed by atoms with van der Waals surface area (Å²) >= 11 is 0. The minimum absolute atomic E-state index is 1.04. The van der Waals surface area contributed by atoms with Gasteiger partial charge in [0.15, 0.2) is 0 Å². The molecule has 2 aromatic rings. The van der Waals surface area contributed by atoms with Crippen molar-refractivity contribution in [1.29, 1.82) is 0 Å². The number of benzene rings is 2. The summed E-state index contributed by atoms with van der Waals surface area (Å²) in [6.45, 7) is 8.00. The molecule has 0 aliphatic heterocycles. The SMILES string of the molecule is CC.CC.CN(C)c1ccc(NNc2ccccc2)cc1. The normalized spacial score (nSPS) is 8.48. The molecule has 0 saturated carbocycles. The van der Waals surface area contributed by atoms with Crippen molar-refractivity contribution in [3.8, 4) is 0 Å². The second-order valence-electron chi connectivity index (χ2n) is 4.06. The van der Waals surface area contributed by atoms with Crippen LogP contribution in [0.2, 0.25) is 0 Å². The number of anilines is 3. The zero-order chi connectivity index (χ0) is 16.1. The van der Waals surface area contributed by atoms with Crippen molar-refractivity contribution >= 4 is 17.1 Å². The first-order valence-corrected chi connectivity index (χ1v) is 7.60. The number of rotatable bonds is 4. The summed E-state index contributed by atoms with van der Waals surface area (Å²) < 4.78 is 0. The van der Waals surface area contributed by atoms with E-state index in [1.54, 1.807) is 0 Å². The summed E-state index contributed by atoms with van der Waals surface area (Å²) in [6, 6.07) is 18.3. The van der Waals surface area contributed by atoms with Gasteiger partial charge in [0, 0.05) is 19.8 Å². The monoisotopic (exact) mass is 287 g/mol. The maximum Gasteiger partial charge on any atom is 0.0541 e. The van der Waals surface area contributed by atoms with E-state index in [0.29, 0.717) is 0 Å². The Balaban J connectivity index is 0.000000921. The maximum atomic E-state index is 3.16. The lowest BCUT2D eigenvalue weighted by Crippen LogP contribution is -2.10. The van der Waals surface area contributed by atoms with Gasteiger partial charge in [0.25, 0.3) is 0 Å². The van der Waals surface area contributed by atoms with Gasteiger partial charge in [-0.15, -0.1) is 0 Å². The molecule has 0 fully saturated rings. The Morgan fingerprint density at radius 2 is 1.05 bits per heavy atom. The van der Waals surface area contributed by atoms with Crippen molar-refractivity contribution in [2.75, 3.05) is 29.8 Å². The molecule has 2 aromatic carbocycles. The Morgan fingerprint density at radius 1 is 0.619 bits per heavy atom. The first-order chi connectivity index (χ1) is 10.3.